The van der Waals surface area contributed by atoms with Crippen molar-refractivity contribution in [2.75, 3.05) is 18.9 Å². The van der Waals surface area contributed by atoms with Gasteiger partial charge in [0.25, 0.3) is 0 Å². The van der Waals surface area contributed by atoms with E-state index >= 15 is 0 Å². The standard InChI is InChI=1S/C14H17BrN4O2/c15-12-11-10(3-6-17-13(11)16)19(18-12)9-1-4-14(5-2-9)20-7-8-21-14/h3,6,9H,1-2,4-5,7-8H2,(H2,16,17). The highest BCUT2D eigenvalue weighted by molar-refractivity contribution is 9.10. The lowest BCUT2D eigenvalue weighted by atomic mass is 9.90. The zero-order valence-electron chi connectivity index (χ0n) is 11.6. The Morgan fingerprint density at radius 1 is 1.29 bits per heavy atom. The van der Waals surface area contributed by atoms with Gasteiger partial charge in [-0.25, -0.2) is 4.98 Å². The van der Waals surface area contributed by atoms with Crippen LogP contribution in [-0.4, -0.2) is 33.8 Å². The molecule has 2 fully saturated rings. The minimum Gasteiger partial charge on any atom is -0.383 e. The Morgan fingerprint density at radius 3 is 2.71 bits per heavy atom. The number of pyridine rings is 1. The normalized spacial score (nSPS) is 22.3. The molecule has 2 aromatic heterocycles. The van der Waals surface area contributed by atoms with E-state index in [-0.39, 0.29) is 5.79 Å². The highest BCUT2D eigenvalue weighted by Crippen LogP contribution is 2.41. The summed E-state index contributed by atoms with van der Waals surface area (Å²) in [5, 5.41) is 5.52. The molecule has 2 aliphatic rings. The fourth-order valence-electron chi connectivity index (χ4n) is 3.42. The smallest absolute Gasteiger partial charge is 0.168 e. The lowest BCUT2D eigenvalue weighted by Crippen LogP contribution is -2.36. The minimum absolute atomic E-state index is 0.336. The number of hydrogen-bond donors (Lipinski definition) is 1. The summed E-state index contributed by atoms with van der Waals surface area (Å²) >= 11 is 3.49. The van der Waals surface area contributed by atoms with E-state index in [0.29, 0.717) is 25.1 Å². The summed E-state index contributed by atoms with van der Waals surface area (Å²) in [5.41, 5.74) is 6.99. The number of ether oxygens (including phenoxy) is 2. The lowest BCUT2D eigenvalue weighted by Gasteiger charge is -2.35. The number of nitrogen functional groups attached to an aromatic ring is 1. The Bertz CT molecular complexity index is 671. The average molecular weight is 353 g/mol. The van der Waals surface area contributed by atoms with Gasteiger partial charge in [-0.15, -0.1) is 0 Å². The van der Waals surface area contributed by atoms with Crippen LogP contribution in [0.4, 0.5) is 5.82 Å². The third kappa shape index (κ3) is 2.15. The Balaban J connectivity index is 1.64. The zero-order chi connectivity index (χ0) is 14.4. The number of aromatic nitrogens is 3. The molecule has 0 radical (unpaired) electrons. The molecule has 1 saturated heterocycles. The Morgan fingerprint density at radius 2 is 2.00 bits per heavy atom. The molecule has 21 heavy (non-hydrogen) atoms. The molecule has 3 heterocycles. The van der Waals surface area contributed by atoms with E-state index < -0.39 is 0 Å². The second-order valence-corrected chi connectivity index (χ2v) is 6.42. The van der Waals surface area contributed by atoms with Crippen LogP contribution in [0.1, 0.15) is 31.7 Å². The van der Waals surface area contributed by atoms with Crippen molar-refractivity contribution in [3.63, 3.8) is 0 Å². The van der Waals surface area contributed by atoms with Crippen molar-refractivity contribution < 1.29 is 9.47 Å². The molecule has 1 spiro atoms. The second-order valence-electron chi connectivity index (χ2n) is 5.66. The second kappa shape index (κ2) is 4.93. The van der Waals surface area contributed by atoms with Crippen LogP contribution in [-0.2, 0) is 9.47 Å². The van der Waals surface area contributed by atoms with E-state index in [0.717, 1.165) is 41.2 Å². The molecular weight excluding hydrogens is 336 g/mol. The van der Waals surface area contributed by atoms with Crippen LogP contribution in [0.2, 0.25) is 0 Å². The number of fused-ring (bicyclic) bond motifs is 1. The maximum atomic E-state index is 5.96. The predicted octanol–water partition coefficient (Wildman–Crippen LogP) is 2.63. The topological polar surface area (TPSA) is 75.2 Å². The maximum absolute atomic E-state index is 5.96. The summed E-state index contributed by atoms with van der Waals surface area (Å²) in [5.74, 6) is 0.178. The van der Waals surface area contributed by atoms with Gasteiger partial charge in [0.2, 0.25) is 0 Å². The molecule has 0 amide bonds. The van der Waals surface area contributed by atoms with Gasteiger partial charge in [-0.3, -0.25) is 4.68 Å². The highest BCUT2D eigenvalue weighted by atomic mass is 79.9. The van der Waals surface area contributed by atoms with E-state index in [9.17, 15) is 0 Å². The van der Waals surface area contributed by atoms with Crippen molar-refractivity contribution in [2.45, 2.75) is 37.5 Å². The van der Waals surface area contributed by atoms with Gasteiger partial charge in [0, 0.05) is 19.0 Å². The van der Waals surface area contributed by atoms with E-state index in [1.165, 1.54) is 0 Å². The van der Waals surface area contributed by atoms with Crippen LogP contribution in [0.3, 0.4) is 0 Å². The first-order valence-corrected chi connectivity index (χ1v) is 8.04. The van der Waals surface area contributed by atoms with Crippen LogP contribution in [0.15, 0.2) is 16.9 Å². The van der Waals surface area contributed by atoms with Gasteiger partial charge in [-0.05, 0) is 34.8 Å². The monoisotopic (exact) mass is 352 g/mol. The van der Waals surface area contributed by atoms with Crippen molar-refractivity contribution in [3.8, 4) is 0 Å². The summed E-state index contributed by atoms with van der Waals surface area (Å²) in [6, 6.07) is 2.31. The third-order valence-corrected chi connectivity index (χ3v) is 5.04. The van der Waals surface area contributed by atoms with E-state index in [1.54, 1.807) is 6.20 Å². The molecule has 112 valence electrons. The molecular formula is C14H17BrN4O2. The lowest BCUT2D eigenvalue weighted by molar-refractivity contribution is -0.181. The van der Waals surface area contributed by atoms with Crippen molar-refractivity contribution in [2.24, 2.45) is 0 Å². The number of halogens is 1. The van der Waals surface area contributed by atoms with Gasteiger partial charge in [-0.2, -0.15) is 5.10 Å². The SMILES string of the molecule is Nc1nccc2c1c(Br)nn2C1CCC2(CC1)OCCO2. The van der Waals surface area contributed by atoms with Crippen LogP contribution in [0, 0.1) is 0 Å². The average Bonchev–Trinajstić information content (AvgIpc) is 3.07. The van der Waals surface area contributed by atoms with Gasteiger partial charge in [0.05, 0.1) is 30.2 Å². The molecule has 0 atom stereocenters. The summed E-state index contributed by atoms with van der Waals surface area (Å²) < 4.78 is 14.4. The summed E-state index contributed by atoms with van der Waals surface area (Å²) in [6.45, 7) is 1.42. The minimum atomic E-state index is -0.336. The van der Waals surface area contributed by atoms with Crippen LogP contribution in [0.5, 0.6) is 0 Å². The van der Waals surface area contributed by atoms with Gasteiger partial charge in [-0.1, -0.05) is 0 Å². The largest absolute Gasteiger partial charge is 0.383 e. The molecule has 4 rings (SSSR count). The molecule has 1 aliphatic heterocycles. The first-order chi connectivity index (χ1) is 10.2. The molecule has 7 heteroatoms. The number of anilines is 1. The van der Waals surface area contributed by atoms with Gasteiger partial charge < -0.3 is 15.2 Å². The zero-order valence-corrected chi connectivity index (χ0v) is 13.2. The molecule has 2 aromatic rings. The van der Waals surface area contributed by atoms with Gasteiger partial charge in [0.1, 0.15) is 10.4 Å². The van der Waals surface area contributed by atoms with E-state index in [1.807, 2.05) is 6.07 Å². The van der Waals surface area contributed by atoms with Crippen molar-refractivity contribution in [1.29, 1.82) is 0 Å². The van der Waals surface area contributed by atoms with Crippen LogP contribution < -0.4 is 5.73 Å². The molecule has 2 N–H and O–H groups in total. The Kier molecular flexibility index (Phi) is 3.16. The maximum Gasteiger partial charge on any atom is 0.168 e. The molecule has 6 nitrogen and oxygen atoms in total. The Labute approximate surface area is 130 Å². The predicted molar refractivity (Wildman–Crippen MR) is 81.8 cm³/mol. The number of nitrogens with zero attached hydrogens (tertiary/aromatic N) is 3. The van der Waals surface area contributed by atoms with Gasteiger partial charge >= 0.3 is 0 Å². The van der Waals surface area contributed by atoms with Crippen molar-refractivity contribution in [1.82, 2.24) is 14.8 Å². The number of rotatable bonds is 1. The van der Waals surface area contributed by atoms with Crippen LogP contribution >= 0.6 is 15.9 Å². The first kappa shape index (κ1) is 13.5. The molecule has 0 aromatic carbocycles. The molecule has 1 aliphatic carbocycles. The first-order valence-electron chi connectivity index (χ1n) is 7.25. The summed E-state index contributed by atoms with van der Waals surface area (Å²) in [7, 11) is 0. The summed E-state index contributed by atoms with van der Waals surface area (Å²) in [6.07, 6.45) is 5.54. The summed E-state index contributed by atoms with van der Waals surface area (Å²) in [4.78, 5) is 4.14. The van der Waals surface area contributed by atoms with E-state index in [2.05, 4.69) is 30.7 Å². The van der Waals surface area contributed by atoms with Crippen molar-refractivity contribution in [3.05, 3.63) is 16.9 Å². The highest BCUT2D eigenvalue weighted by Gasteiger charge is 2.41. The Hall–Kier alpha value is -1.18. The molecule has 1 saturated carbocycles. The van der Waals surface area contributed by atoms with Crippen LogP contribution in [0.25, 0.3) is 10.9 Å². The molecule has 0 bridgehead atoms. The number of hydrogen-bond acceptors (Lipinski definition) is 5. The number of nitrogens with two attached hydrogens (primary N) is 1. The van der Waals surface area contributed by atoms with Gasteiger partial charge in [0.15, 0.2) is 5.79 Å². The van der Waals surface area contributed by atoms with Crippen molar-refractivity contribution >= 4 is 32.7 Å². The van der Waals surface area contributed by atoms with E-state index in [4.69, 9.17) is 15.2 Å². The third-order valence-electron chi connectivity index (χ3n) is 4.48. The molecule has 0 unspecified atom stereocenters. The fraction of sp³-hybridized carbons (Fsp3) is 0.571. The fourth-order valence-corrected chi connectivity index (χ4v) is 4.00. The quantitative estimate of drug-likeness (QED) is 0.853.